The molecule has 1 fully saturated rings. The average Bonchev–Trinajstić information content (AvgIpc) is 1.96. The lowest BCUT2D eigenvalue weighted by Gasteiger charge is -2.38. The Hall–Kier alpha value is -0.370. The van der Waals surface area contributed by atoms with Gasteiger partial charge < -0.3 is 4.79 Å². The Morgan fingerprint density at radius 1 is 1.50 bits per heavy atom. The topological polar surface area (TPSA) is 20.3 Å². The third-order valence-corrected chi connectivity index (χ3v) is 2.55. The summed E-state index contributed by atoms with van der Waals surface area (Å²) in [5.74, 6) is 0. The quantitative estimate of drug-likeness (QED) is 0.509. The molecule has 58 valence electrons. The molecule has 1 heterocycles. The Bertz CT molecular complexity index is 135. The van der Waals surface area contributed by atoms with Crippen LogP contribution in [0.5, 0.6) is 0 Å². The molecule has 0 aromatic heterocycles. The number of piperidine rings is 1. The molecule has 2 heteroatoms. The van der Waals surface area contributed by atoms with Gasteiger partial charge in [-0.1, -0.05) is 0 Å². The highest BCUT2D eigenvalue weighted by molar-refractivity contribution is 5.63. The summed E-state index contributed by atoms with van der Waals surface area (Å²) in [5.41, 5.74) is -0.168. The zero-order valence-electron chi connectivity index (χ0n) is 6.76. The molecular formula is C8H15NO. The van der Waals surface area contributed by atoms with E-state index < -0.39 is 0 Å². The molecule has 1 aliphatic heterocycles. The van der Waals surface area contributed by atoms with E-state index >= 15 is 0 Å². The van der Waals surface area contributed by atoms with Gasteiger partial charge in [-0.15, -0.1) is 0 Å². The van der Waals surface area contributed by atoms with Crippen molar-refractivity contribution in [1.29, 1.82) is 0 Å². The molecule has 0 saturated carbocycles. The molecule has 0 aromatic rings. The normalized spacial score (nSPS) is 35.8. The van der Waals surface area contributed by atoms with Crippen LogP contribution < -0.4 is 0 Å². The van der Waals surface area contributed by atoms with Gasteiger partial charge in [-0.2, -0.15) is 0 Å². The van der Waals surface area contributed by atoms with Crippen LogP contribution in [0.1, 0.15) is 26.2 Å². The highest BCUT2D eigenvalue weighted by Gasteiger charge is 2.30. The molecule has 10 heavy (non-hydrogen) atoms. The van der Waals surface area contributed by atoms with E-state index in [1.165, 1.54) is 12.8 Å². The van der Waals surface area contributed by atoms with Gasteiger partial charge in [0.2, 0.25) is 0 Å². The van der Waals surface area contributed by atoms with Crippen molar-refractivity contribution in [2.24, 2.45) is 0 Å². The molecule has 1 atom stereocenters. The molecule has 1 saturated heterocycles. The van der Waals surface area contributed by atoms with E-state index in [-0.39, 0.29) is 5.54 Å². The summed E-state index contributed by atoms with van der Waals surface area (Å²) >= 11 is 0. The fraction of sp³-hybridized carbons (Fsp3) is 0.875. The van der Waals surface area contributed by atoms with Crippen LogP contribution in [0.15, 0.2) is 0 Å². The van der Waals surface area contributed by atoms with Crippen molar-refractivity contribution in [2.45, 2.75) is 31.7 Å². The Morgan fingerprint density at radius 3 is 2.60 bits per heavy atom. The monoisotopic (exact) mass is 141 g/mol. The molecule has 1 rings (SSSR count). The number of nitrogens with zero attached hydrogens (tertiary/aromatic N) is 1. The van der Waals surface area contributed by atoms with Gasteiger partial charge in [0.1, 0.15) is 6.29 Å². The van der Waals surface area contributed by atoms with Gasteiger partial charge in [0.15, 0.2) is 0 Å². The minimum Gasteiger partial charge on any atom is -0.301 e. The Balaban J connectivity index is 2.62. The molecule has 0 radical (unpaired) electrons. The summed E-state index contributed by atoms with van der Waals surface area (Å²) in [7, 11) is 2.02. The Kier molecular flexibility index (Phi) is 2.09. The molecule has 2 nitrogen and oxygen atoms in total. The number of hydrogen-bond acceptors (Lipinski definition) is 2. The molecule has 1 aliphatic rings. The predicted molar refractivity (Wildman–Crippen MR) is 41.0 cm³/mol. The number of carbonyl (C=O) groups is 1. The maximum absolute atomic E-state index is 10.7. The number of rotatable bonds is 1. The third-order valence-electron chi connectivity index (χ3n) is 2.55. The second kappa shape index (κ2) is 2.70. The number of likely N-dealkylation sites (tertiary alicyclic amines) is 1. The lowest BCUT2D eigenvalue weighted by molar-refractivity contribution is -0.118. The summed E-state index contributed by atoms with van der Waals surface area (Å²) in [6.45, 7) is 3.08. The van der Waals surface area contributed by atoms with E-state index in [0.29, 0.717) is 0 Å². The zero-order valence-corrected chi connectivity index (χ0v) is 6.76. The van der Waals surface area contributed by atoms with Gasteiger partial charge in [0, 0.05) is 0 Å². The number of aldehydes is 1. The fourth-order valence-electron chi connectivity index (χ4n) is 1.43. The minimum atomic E-state index is -0.168. The molecular weight excluding hydrogens is 126 g/mol. The number of likely N-dealkylation sites (N-methyl/N-ethyl adjacent to an activating group) is 1. The summed E-state index contributed by atoms with van der Waals surface area (Å²) in [5, 5.41) is 0. The fourth-order valence-corrected chi connectivity index (χ4v) is 1.43. The maximum atomic E-state index is 10.7. The van der Waals surface area contributed by atoms with Crippen LogP contribution in [-0.2, 0) is 4.79 Å². The molecule has 0 bridgehead atoms. The summed E-state index contributed by atoms with van der Waals surface area (Å²) in [6, 6.07) is 0. The second-order valence-corrected chi connectivity index (χ2v) is 3.35. The van der Waals surface area contributed by atoms with Crippen molar-refractivity contribution < 1.29 is 4.79 Å². The molecule has 0 aromatic carbocycles. The van der Waals surface area contributed by atoms with Gasteiger partial charge in [0.05, 0.1) is 5.54 Å². The van der Waals surface area contributed by atoms with Gasteiger partial charge in [-0.25, -0.2) is 0 Å². The van der Waals surface area contributed by atoms with Crippen LogP contribution in [-0.4, -0.2) is 30.3 Å². The van der Waals surface area contributed by atoms with Crippen molar-refractivity contribution in [1.82, 2.24) is 4.90 Å². The third kappa shape index (κ3) is 1.21. The minimum absolute atomic E-state index is 0.168. The number of carbonyl (C=O) groups excluding carboxylic acids is 1. The molecule has 0 N–H and O–H groups in total. The van der Waals surface area contributed by atoms with Crippen molar-refractivity contribution in [3.05, 3.63) is 0 Å². The molecule has 0 amide bonds. The van der Waals surface area contributed by atoms with Crippen molar-refractivity contribution in [3.8, 4) is 0 Å². The van der Waals surface area contributed by atoms with E-state index in [1.807, 2.05) is 14.0 Å². The molecule has 0 spiro atoms. The van der Waals surface area contributed by atoms with Crippen LogP contribution in [0.3, 0.4) is 0 Å². The van der Waals surface area contributed by atoms with Crippen LogP contribution >= 0.6 is 0 Å². The van der Waals surface area contributed by atoms with Gasteiger partial charge in [-0.3, -0.25) is 4.90 Å². The summed E-state index contributed by atoms with van der Waals surface area (Å²) in [4.78, 5) is 12.8. The lowest BCUT2D eigenvalue weighted by atomic mass is 9.91. The highest BCUT2D eigenvalue weighted by atomic mass is 16.1. The van der Waals surface area contributed by atoms with Crippen molar-refractivity contribution >= 4 is 6.29 Å². The van der Waals surface area contributed by atoms with E-state index in [0.717, 1.165) is 19.3 Å². The van der Waals surface area contributed by atoms with Crippen molar-refractivity contribution in [2.75, 3.05) is 13.6 Å². The van der Waals surface area contributed by atoms with Crippen LogP contribution in [0.25, 0.3) is 0 Å². The first-order valence-electron chi connectivity index (χ1n) is 3.86. The van der Waals surface area contributed by atoms with Gasteiger partial charge in [0.25, 0.3) is 0 Å². The van der Waals surface area contributed by atoms with Crippen LogP contribution in [0.2, 0.25) is 0 Å². The second-order valence-electron chi connectivity index (χ2n) is 3.35. The lowest BCUT2D eigenvalue weighted by Crippen LogP contribution is -2.48. The van der Waals surface area contributed by atoms with Crippen molar-refractivity contribution in [3.63, 3.8) is 0 Å². The standard InChI is InChI=1S/C8H15NO/c1-8(7-10)5-3-4-6-9(8)2/h7H,3-6H2,1-2H3. The first kappa shape index (κ1) is 7.73. The molecule has 0 aliphatic carbocycles. The zero-order chi connectivity index (χ0) is 7.61. The Morgan fingerprint density at radius 2 is 2.20 bits per heavy atom. The van der Waals surface area contributed by atoms with Gasteiger partial charge in [-0.05, 0) is 39.8 Å². The smallest absolute Gasteiger partial charge is 0.139 e. The van der Waals surface area contributed by atoms with Crippen LogP contribution in [0.4, 0.5) is 0 Å². The largest absolute Gasteiger partial charge is 0.301 e. The number of hydrogen-bond donors (Lipinski definition) is 0. The maximum Gasteiger partial charge on any atom is 0.139 e. The van der Waals surface area contributed by atoms with E-state index in [9.17, 15) is 4.79 Å². The molecule has 1 unspecified atom stereocenters. The van der Waals surface area contributed by atoms with E-state index in [2.05, 4.69) is 4.90 Å². The van der Waals surface area contributed by atoms with Crippen LogP contribution in [0, 0.1) is 0 Å². The first-order valence-corrected chi connectivity index (χ1v) is 3.86. The highest BCUT2D eigenvalue weighted by Crippen LogP contribution is 2.23. The summed E-state index contributed by atoms with van der Waals surface area (Å²) < 4.78 is 0. The average molecular weight is 141 g/mol. The van der Waals surface area contributed by atoms with Gasteiger partial charge >= 0.3 is 0 Å². The summed E-state index contributed by atoms with van der Waals surface area (Å²) in [6.07, 6.45) is 4.53. The predicted octanol–water partition coefficient (Wildman–Crippen LogP) is 1.06. The SMILES string of the molecule is CN1CCCCC1(C)C=O. The van der Waals surface area contributed by atoms with E-state index in [1.54, 1.807) is 0 Å². The Labute approximate surface area is 62.2 Å². The van der Waals surface area contributed by atoms with E-state index in [4.69, 9.17) is 0 Å². The first-order chi connectivity index (χ1) is 4.69.